The molecule has 2 aliphatic heterocycles. The van der Waals surface area contributed by atoms with Crippen molar-refractivity contribution in [3.05, 3.63) is 30.3 Å². The van der Waals surface area contributed by atoms with Crippen molar-refractivity contribution < 1.29 is 39.3 Å². The number of aliphatic carboxylic acids is 2. The van der Waals surface area contributed by atoms with Crippen LogP contribution in [-0.4, -0.2) is 86.4 Å². The summed E-state index contributed by atoms with van der Waals surface area (Å²) in [5.74, 6) is -3.18. The minimum atomic E-state index is -1.42. The van der Waals surface area contributed by atoms with E-state index in [0.29, 0.717) is 5.69 Å². The number of aliphatic hydroxyl groups excluding tert-OH is 1. The first-order chi connectivity index (χ1) is 16.2. The topological polar surface area (TPSA) is 185 Å². The van der Waals surface area contributed by atoms with Gasteiger partial charge in [-0.15, -0.1) is 11.8 Å². The molecule has 3 unspecified atom stereocenters. The predicted molar refractivity (Wildman–Crippen MR) is 121 cm³/mol. The highest BCUT2D eigenvalue weighted by molar-refractivity contribution is 8.00. The predicted octanol–water partition coefficient (Wildman–Crippen LogP) is -0.105. The lowest BCUT2D eigenvalue weighted by Gasteiger charge is -2.53. The van der Waals surface area contributed by atoms with Crippen LogP contribution in [0.1, 0.15) is 19.3 Å². The molecule has 4 atom stereocenters. The third-order valence-electron chi connectivity index (χ3n) is 5.75. The van der Waals surface area contributed by atoms with E-state index in [2.05, 4.69) is 16.0 Å². The molecule has 2 saturated heterocycles. The Bertz CT molecular complexity index is 961. The lowest BCUT2D eigenvalue weighted by Crippen LogP contribution is -2.74. The lowest BCUT2D eigenvalue weighted by atomic mass is 9.88. The number of carboxylic acid groups (broad SMARTS) is 2. The lowest BCUT2D eigenvalue weighted by molar-refractivity contribution is -0.161. The van der Waals surface area contributed by atoms with Crippen LogP contribution in [0.15, 0.2) is 30.3 Å². The maximum Gasteiger partial charge on any atom is 0.326 e. The molecule has 184 valence electrons. The van der Waals surface area contributed by atoms with E-state index in [1.807, 2.05) is 0 Å². The minimum Gasteiger partial charge on any atom is -0.481 e. The van der Waals surface area contributed by atoms with Crippen molar-refractivity contribution in [2.45, 2.75) is 36.7 Å². The molecule has 0 bridgehead atoms. The average molecular weight is 495 g/mol. The Labute approximate surface area is 199 Å². The zero-order valence-corrected chi connectivity index (χ0v) is 18.9. The molecule has 2 heterocycles. The summed E-state index contributed by atoms with van der Waals surface area (Å²) in [6, 6.07) is 5.83. The largest absolute Gasteiger partial charge is 0.481 e. The van der Waals surface area contributed by atoms with Gasteiger partial charge in [0.05, 0.1) is 6.61 Å². The first-order valence-electron chi connectivity index (χ1n) is 10.6. The number of nitrogens with zero attached hydrogens (tertiary/aromatic N) is 1. The van der Waals surface area contributed by atoms with E-state index in [0.717, 1.165) is 0 Å². The van der Waals surface area contributed by atoms with E-state index in [1.165, 1.54) is 16.7 Å². The van der Waals surface area contributed by atoms with Crippen LogP contribution in [0.25, 0.3) is 0 Å². The van der Waals surface area contributed by atoms with Gasteiger partial charge >= 0.3 is 18.0 Å². The standard InChI is InChI=1S/C21H26N4O8S/c26-10-21(19(31)32)9-25-16(28)15(17(25)34-11-21)24-14(27)8-4-7-13(18(29)30)23-20(33)22-12-5-2-1-3-6-12/h1-3,5-6,13,15,17,26H,4,7-11H2,(H,24,27)(H,29,30)(H,31,32)(H2,22,23,33)/t13?,15?,17-,21?/m1/s1. The van der Waals surface area contributed by atoms with Crippen molar-refractivity contribution in [2.75, 3.05) is 24.2 Å². The van der Waals surface area contributed by atoms with Gasteiger partial charge in [-0.05, 0) is 25.0 Å². The van der Waals surface area contributed by atoms with Crippen molar-refractivity contribution in [3.8, 4) is 0 Å². The number of carboxylic acids is 2. The number of carbonyl (C=O) groups excluding carboxylic acids is 3. The van der Waals surface area contributed by atoms with Crippen molar-refractivity contribution in [2.24, 2.45) is 5.41 Å². The number of hydrogen-bond donors (Lipinski definition) is 6. The maximum atomic E-state index is 12.4. The monoisotopic (exact) mass is 494 g/mol. The quantitative estimate of drug-likeness (QED) is 0.242. The molecule has 1 aromatic rings. The van der Waals surface area contributed by atoms with E-state index in [-0.39, 0.29) is 31.6 Å². The normalized spacial score (nSPS) is 24.3. The number of urea groups is 1. The molecular formula is C21H26N4O8S. The second-order valence-corrected chi connectivity index (χ2v) is 9.31. The molecule has 0 radical (unpaired) electrons. The van der Waals surface area contributed by atoms with Gasteiger partial charge in [-0.3, -0.25) is 14.4 Å². The summed E-state index contributed by atoms with van der Waals surface area (Å²) in [6.07, 6.45) is 0.109. The molecule has 1 aromatic carbocycles. The van der Waals surface area contributed by atoms with Crippen molar-refractivity contribution >= 4 is 47.2 Å². The van der Waals surface area contributed by atoms with Crippen LogP contribution in [0.2, 0.25) is 0 Å². The van der Waals surface area contributed by atoms with Crippen LogP contribution in [0.3, 0.4) is 0 Å². The summed E-state index contributed by atoms with van der Waals surface area (Å²) >= 11 is 1.18. The van der Waals surface area contributed by atoms with Gasteiger partial charge in [0.2, 0.25) is 11.8 Å². The van der Waals surface area contributed by atoms with Crippen LogP contribution in [0.5, 0.6) is 0 Å². The molecule has 0 spiro atoms. The first-order valence-corrected chi connectivity index (χ1v) is 11.6. The van der Waals surface area contributed by atoms with Gasteiger partial charge in [0, 0.05) is 24.4 Å². The van der Waals surface area contributed by atoms with E-state index < -0.39 is 59.3 Å². The van der Waals surface area contributed by atoms with Gasteiger partial charge in [0.25, 0.3) is 0 Å². The zero-order valence-electron chi connectivity index (χ0n) is 18.1. The SMILES string of the molecule is O=C(CCCC(NC(=O)Nc1ccccc1)C(=O)O)NC1C(=O)N2CC(CO)(C(=O)O)CS[C@H]12. The summed E-state index contributed by atoms with van der Waals surface area (Å²) < 4.78 is 0. The fourth-order valence-electron chi connectivity index (χ4n) is 3.74. The third kappa shape index (κ3) is 5.59. The van der Waals surface area contributed by atoms with Gasteiger partial charge in [-0.1, -0.05) is 18.2 Å². The number of carbonyl (C=O) groups is 5. The smallest absolute Gasteiger partial charge is 0.326 e. The van der Waals surface area contributed by atoms with E-state index >= 15 is 0 Å². The number of amides is 4. The molecule has 2 aliphatic rings. The number of anilines is 1. The molecule has 34 heavy (non-hydrogen) atoms. The van der Waals surface area contributed by atoms with Gasteiger partial charge in [-0.2, -0.15) is 0 Å². The molecule has 4 amide bonds. The summed E-state index contributed by atoms with van der Waals surface area (Å²) in [6.45, 7) is -0.719. The van der Waals surface area contributed by atoms with Crippen molar-refractivity contribution in [1.29, 1.82) is 0 Å². The third-order valence-corrected chi connectivity index (χ3v) is 7.34. The van der Waals surface area contributed by atoms with Crippen molar-refractivity contribution in [3.63, 3.8) is 0 Å². The highest BCUT2D eigenvalue weighted by Crippen LogP contribution is 2.42. The van der Waals surface area contributed by atoms with Crippen LogP contribution in [-0.2, 0) is 19.2 Å². The Hall–Kier alpha value is -3.32. The van der Waals surface area contributed by atoms with Gasteiger partial charge in [0.15, 0.2) is 0 Å². The Morgan fingerprint density at radius 3 is 2.50 bits per heavy atom. The molecular weight excluding hydrogens is 468 g/mol. The number of aliphatic hydroxyl groups is 1. The van der Waals surface area contributed by atoms with Gasteiger partial charge in [0.1, 0.15) is 22.9 Å². The van der Waals surface area contributed by atoms with Gasteiger partial charge < -0.3 is 36.2 Å². The Morgan fingerprint density at radius 2 is 1.88 bits per heavy atom. The molecule has 6 N–H and O–H groups in total. The molecule has 0 aliphatic carbocycles. The number of thioether (sulfide) groups is 1. The van der Waals surface area contributed by atoms with Crippen LogP contribution >= 0.6 is 11.8 Å². The Balaban J connectivity index is 1.43. The summed E-state index contributed by atoms with van der Waals surface area (Å²) in [4.78, 5) is 61.0. The molecule has 3 rings (SSSR count). The average Bonchev–Trinajstić information content (AvgIpc) is 2.81. The second kappa shape index (κ2) is 10.7. The number of hydrogen-bond acceptors (Lipinski definition) is 7. The highest BCUT2D eigenvalue weighted by Gasteiger charge is 2.57. The molecule has 0 saturated carbocycles. The fraction of sp³-hybridized carbons (Fsp3) is 0.476. The van der Waals surface area contributed by atoms with Crippen LogP contribution in [0, 0.1) is 5.41 Å². The summed E-state index contributed by atoms with van der Waals surface area (Å²) in [5.41, 5.74) is -0.917. The number of nitrogens with one attached hydrogen (secondary N) is 3. The molecule has 12 nitrogen and oxygen atoms in total. The van der Waals surface area contributed by atoms with Crippen LogP contribution < -0.4 is 16.0 Å². The Morgan fingerprint density at radius 1 is 1.18 bits per heavy atom. The summed E-state index contributed by atoms with van der Waals surface area (Å²) in [5, 5.41) is 35.3. The maximum absolute atomic E-state index is 12.4. The Kier molecular flexibility index (Phi) is 7.99. The van der Waals surface area contributed by atoms with E-state index in [1.54, 1.807) is 30.3 Å². The number of rotatable bonds is 10. The second-order valence-electron chi connectivity index (χ2n) is 8.20. The molecule has 2 fully saturated rings. The van der Waals surface area contributed by atoms with Crippen LogP contribution in [0.4, 0.5) is 10.5 Å². The van der Waals surface area contributed by atoms with Crippen molar-refractivity contribution in [1.82, 2.24) is 15.5 Å². The summed E-state index contributed by atoms with van der Waals surface area (Å²) in [7, 11) is 0. The first kappa shape index (κ1) is 25.3. The number of benzene rings is 1. The number of para-hydroxylation sites is 1. The fourth-order valence-corrected chi connectivity index (χ4v) is 5.27. The minimum absolute atomic E-state index is 0.00547. The van der Waals surface area contributed by atoms with Gasteiger partial charge in [-0.25, -0.2) is 9.59 Å². The van der Waals surface area contributed by atoms with E-state index in [4.69, 9.17) is 0 Å². The number of β-lactam (4-membered cyclic amide) rings is 1. The molecule has 13 heteroatoms. The highest BCUT2D eigenvalue weighted by atomic mass is 32.2. The molecule has 0 aromatic heterocycles. The number of fused-ring (bicyclic) bond motifs is 1. The van der Waals surface area contributed by atoms with E-state index in [9.17, 15) is 39.3 Å². The zero-order chi connectivity index (χ0) is 24.9.